The quantitative estimate of drug-likeness (QED) is 0.747. The van der Waals surface area contributed by atoms with Crippen LogP contribution in [0.4, 0.5) is 0 Å². The Morgan fingerprint density at radius 1 is 1.33 bits per heavy atom. The van der Waals surface area contributed by atoms with Gasteiger partial charge in [0.2, 0.25) is 0 Å². The van der Waals surface area contributed by atoms with Crippen LogP contribution in [0.3, 0.4) is 0 Å². The normalized spacial score (nSPS) is 17.8. The van der Waals surface area contributed by atoms with Crippen molar-refractivity contribution in [2.75, 3.05) is 6.54 Å². The van der Waals surface area contributed by atoms with E-state index in [0.29, 0.717) is 0 Å². The Bertz CT molecular complexity index is 607. The second-order valence-electron chi connectivity index (χ2n) is 5.18. The summed E-state index contributed by atoms with van der Waals surface area (Å²) in [6, 6.07) is 0. The standard InChI is InChI=1S/C13H17N5/c1-17-8-15-12-11(17)3-2-6-18-13(12)9-7-14-5-4-10(9)16-18/h8,14H,2-7H2,1H3. The number of aromatic nitrogens is 4. The molecule has 0 unspecified atom stereocenters. The lowest BCUT2D eigenvalue weighted by atomic mass is 10.0. The molecule has 0 spiro atoms. The van der Waals surface area contributed by atoms with Crippen molar-refractivity contribution < 1.29 is 0 Å². The van der Waals surface area contributed by atoms with Crippen LogP contribution in [0, 0.1) is 0 Å². The number of nitrogens with zero attached hydrogens (tertiary/aromatic N) is 4. The van der Waals surface area contributed by atoms with Gasteiger partial charge < -0.3 is 9.88 Å². The first kappa shape index (κ1) is 10.3. The Morgan fingerprint density at radius 3 is 3.22 bits per heavy atom. The molecule has 0 fully saturated rings. The molecule has 0 atom stereocenters. The zero-order chi connectivity index (χ0) is 12.1. The molecule has 2 aromatic rings. The maximum absolute atomic E-state index is 4.79. The highest BCUT2D eigenvalue weighted by Gasteiger charge is 2.26. The zero-order valence-corrected chi connectivity index (χ0v) is 10.6. The van der Waals surface area contributed by atoms with Gasteiger partial charge in [0.25, 0.3) is 0 Å². The second-order valence-corrected chi connectivity index (χ2v) is 5.18. The first-order valence-corrected chi connectivity index (χ1v) is 6.64. The molecule has 2 aliphatic heterocycles. The zero-order valence-electron chi connectivity index (χ0n) is 10.6. The van der Waals surface area contributed by atoms with Crippen LogP contribution in [0.15, 0.2) is 6.33 Å². The average molecular weight is 243 g/mol. The summed E-state index contributed by atoms with van der Waals surface area (Å²) in [6.45, 7) is 2.98. The van der Waals surface area contributed by atoms with Gasteiger partial charge in [-0.1, -0.05) is 0 Å². The van der Waals surface area contributed by atoms with E-state index in [1.807, 2.05) is 6.33 Å². The Kier molecular flexibility index (Phi) is 2.11. The number of fused-ring (bicyclic) bond motifs is 5. The van der Waals surface area contributed by atoms with Crippen LogP contribution in [0.1, 0.15) is 23.4 Å². The molecular formula is C13H17N5. The fourth-order valence-electron chi connectivity index (χ4n) is 3.13. The van der Waals surface area contributed by atoms with Crippen molar-refractivity contribution in [3.8, 4) is 11.4 Å². The van der Waals surface area contributed by atoms with Gasteiger partial charge in [-0.15, -0.1) is 0 Å². The minimum absolute atomic E-state index is 0.931. The minimum Gasteiger partial charge on any atom is -0.337 e. The molecule has 1 N–H and O–H groups in total. The van der Waals surface area contributed by atoms with Gasteiger partial charge in [0.1, 0.15) is 5.69 Å². The Hall–Kier alpha value is -1.62. The summed E-state index contributed by atoms with van der Waals surface area (Å²) in [4.78, 5) is 4.61. The van der Waals surface area contributed by atoms with E-state index in [1.54, 1.807) is 0 Å². The van der Waals surface area contributed by atoms with Crippen molar-refractivity contribution in [1.82, 2.24) is 24.6 Å². The maximum Gasteiger partial charge on any atom is 0.110 e. The predicted octanol–water partition coefficient (Wildman–Crippen LogP) is 0.875. The fraction of sp³-hybridized carbons (Fsp3) is 0.538. The van der Waals surface area contributed by atoms with Gasteiger partial charge >= 0.3 is 0 Å². The van der Waals surface area contributed by atoms with Crippen LogP contribution < -0.4 is 5.32 Å². The third-order valence-electron chi connectivity index (χ3n) is 4.04. The van der Waals surface area contributed by atoms with Crippen molar-refractivity contribution in [1.29, 1.82) is 0 Å². The van der Waals surface area contributed by atoms with Crippen molar-refractivity contribution >= 4 is 0 Å². The highest BCUT2D eigenvalue weighted by Crippen LogP contribution is 2.32. The van der Waals surface area contributed by atoms with E-state index in [-0.39, 0.29) is 0 Å². The first-order valence-electron chi connectivity index (χ1n) is 6.64. The number of nitrogens with one attached hydrogen (secondary N) is 1. The molecule has 0 amide bonds. The van der Waals surface area contributed by atoms with E-state index >= 15 is 0 Å². The number of hydrogen-bond donors (Lipinski definition) is 1. The molecule has 0 bridgehead atoms. The average Bonchev–Trinajstić information content (AvgIpc) is 2.86. The highest BCUT2D eigenvalue weighted by molar-refractivity contribution is 5.64. The summed E-state index contributed by atoms with van der Waals surface area (Å²) in [5.74, 6) is 0. The summed E-state index contributed by atoms with van der Waals surface area (Å²) in [5, 5.41) is 8.23. The molecule has 0 aromatic carbocycles. The molecule has 0 saturated carbocycles. The van der Waals surface area contributed by atoms with E-state index in [1.165, 1.54) is 22.6 Å². The summed E-state index contributed by atoms with van der Waals surface area (Å²) in [7, 11) is 2.09. The van der Waals surface area contributed by atoms with E-state index in [2.05, 4.69) is 26.6 Å². The maximum atomic E-state index is 4.79. The van der Waals surface area contributed by atoms with Crippen LogP contribution in [0.5, 0.6) is 0 Å². The lowest BCUT2D eigenvalue weighted by Gasteiger charge is -2.12. The van der Waals surface area contributed by atoms with Crippen molar-refractivity contribution in [2.45, 2.75) is 32.4 Å². The van der Waals surface area contributed by atoms with Crippen LogP contribution in [-0.2, 0) is 33.0 Å². The van der Waals surface area contributed by atoms with Crippen LogP contribution in [-0.4, -0.2) is 25.9 Å². The minimum atomic E-state index is 0.931. The van der Waals surface area contributed by atoms with Gasteiger partial charge in [-0.05, 0) is 12.8 Å². The molecule has 5 heteroatoms. The SMILES string of the molecule is Cn1cnc2c1CCCn1nc3c(c1-2)CNCC3. The first-order chi connectivity index (χ1) is 8.84. The molecular weight excluding hydrogens is 226 g/mol. The predicted molar refractivity (Wildman–Crippen MR) is 68.2 cm³/mol. The van der Waals surface area contributed by atoms with Gasteiger partial charge in [0.15, 0.2) is 0 Å². The lowest BCUT2D eigenvalue weighted by Crippen LogP contribution is -2.23. The Balaban J connectivity index is 1.99. The number of hydrogen-bond acceptors (Lipinski definition) is 3. The van der Waals surface area contributed by atoms with Gasteiger partial charge in [0.05, 0.1) is 17.7 Å². The molecule has 4 heterocycles. The Labute approximate surface area is 106 Å². The molecule has 2 aliphatic rings. The van der Waals surface area contributed by atoms with Crippen LogP contribution in [0.25, 0.3) is 11.4 Å². The number of aryl methyl sites for hydroxylation is 2. The van der Waals surface area contributed by atoms with E-state index < -0.39 is 0 Å². The second kappa shape index (κ2) is 3.68. The smallest absolute Gasteiger partial charge is 0.110 e. The summed E-state index contributed by atoms with van der Waals surface area (Å²) < 4.78 is 4.33. The van der Waals surface area contributed by atoms with Gasteiger partial charge in [0, 0.05) is 44.4 Å². The topological polar surface area (TPSA) is 47.7 Å². The molecule has 5 nitrogen and oxygen atoms in total. The highest BCUT2D eigenvalue weighted by atomic mass is 15.3. The van der Waals surface area contributed by atoms with E-state index in [4.69, 9.17) is 5.10 Å². The van der Waals surface area contributed by atoms with Crippen molar-refractivity contribution in [2.24, 2.45) is 7.05 Å². The molecule has 2 aromatic heterocycles. The van der Waals surface area contributed by atoms with Crippen molar-refractivity contribution in [3.63, 3.8) is 0 Å². The van der Waals surface area contributed by atoms with Gasteiger partial charge in [-0.25, -0.2) is 4.98 Å². The van der Waals surface area contributed by atoms with Crippen molar-refractivity contribution in [3.05, 3.63) is 23.3 Å². The third-order valence-corrected chi connectivity index (χ3v) is 4.04. The van der Waals surface area contributed by atoms with Gasteiger partial charge in [-0.2, -0.15) is 5.10 Å². The molecule has 0 radical (unpaired) electrons. The summed E-state index contributed by atoms with van der Waals surface area (Å²) >= 11 is 0. The summed E-state index contributed by atoms with van der Waals surface area (Å²) in [6.07, 6.45) is 5.21. The molecule has 18 heavy (non-hydrogen) atoms. The monoisotopic (exact) mass is 243 g/mol. The molecule has 94 valence electrons. The van der Waals surface area contributed by atoms with E-state index in [0.717, 1.165) is 44.6 Å². The van der Waals surface area contributed by atoms with Gasteiger partial charge in [-0.3, -0.25) is 4.68 Å². The largest absolute Gasteiger partial charge is 0.337 e. The molecule has 4 rings (SSSR count). The van der Waals surface area contributed by atoms with Crippen LogP contribution in [0.2, 0.25) is 0 Å². The fourth-order valence-corrected chi connectivity index (χ4v) is 3.13. The molecule has 0 aliphatic carbocycles. The Morgan fingerprint density at radius 2 is 2.28 bits per heavy atom. The molecule has 0 saturated heterocycles. The number of rotatable bonds is 0. The van der Waals surface area contributed by atoms with E-state index in [9.17, 15) is 0 Å². The summed E-state index contributed by atoms with van der Waals surface area (Å²) in [5.41, 5.74) is 6.38. The third kappa shape index (κ3) is 1.31. The lowest BCUT2D eigenvalue weighted by molar-refractivity contribution is 0.574. The number of imidazole rings is 1. The van der Waals surface area contributed by atoms with Crippen LogP contribution >= 0.6 is 0 Å².